The van der Waals surface area contributed by atoms with Crippen LogP contribution in [0.15, 0.2) is 77.7 Å². The molecule has 3 aromatic rings. The maximum atomic E-state index is 14.0. The summed E-state index contributed by atoms with van der Waals surface area (Å²) < 4.78 is 39.5. The van der Waals surface area contributed by atoms with Crippen LogP contribution in [0.25, 0.3) is 0 Å². The van der Waals surface area contributed by atoms with E-state index >= 15 is 0 Å². The summed E-state index contributed by atoms with van der Waals surface area (Å²) in [5, 5.41) is 3.23. The van der Waals surface area contributed by atoms with E-state index in [1.165, 1.54) is 49.5 Å². The first-order valence-corrected chi connectivity index (χ1v) is 14.6. The molecule has 0 bridgehead atoms. The fraction of sp³-hybridized carbons (Fsp3) is 0.310. The third-order valence-corrected chi connectivity index (χ3v) is 8.27. The fourth-order valence-electron chi connectivity index (χ4n) is 4.00. The van der Waals surface area contributed by atoms with E-state index in [1.54, 1.807) is 19.1 Å². The quantitative estimate of drug-likeness (QED) is 0.316. The molecule has 9 nitrogen and oxygen atoms in total. The van der Waals surface area contributed by atoms with E-state index in [0.29, 0.717) is 17.3 Å². The van der Waals surface area contributed by atoms with Crippen molar-refractivity contribution in [3.8, 4) is 11.5 Å². The summed E-state index contributed by atoms with van der Waals surface area (Å²) in [5.74, 6) is -0.302. The molecule has 11 heteroatoms. The average molecular weight is 588 g/mol. The average Bonchev–Trinajstić information content (AvgIpc) is 2.97. The number of hydrogen-bond donors (Lipinski definition) is 1. The van der Waals surface area contributed by atoms with Gasteiger partial charge in [-0.15, -0.1) is 0 Å². The van der Waals surface area contributed by atoms with Crippen LogP contribution in [0.3, 0.4) is 0 Å². The molecule has 0 fully saturated rings. The van der Waals surface area contributed by atoms with E-state index < -0.39 is 28.5 Å². The highest BCUT2D eigenvalue weighted by atomic mass is 35.5. The smallest absolute Gasteiger partial charge is 0.264 e. The SMILES string of the molecule is CCCNC(=O)C(C)N(Cc1ccccc1)C(=O)CN(c1ccc(Cl)cc1)S(=O)(=O)c1ccc(OC)c(OC)c1. The monoisotopic (exact) mass is 587 g/mol. The topological polar surface area (TPSA) is 105 Å². The lowest BCUT2D eigenvalue weighted by Crippen LogP contribution is -2.51. The second-order valence-electron chi connectivity index (χ2n) is 8.98. The minimum Gasteiger partial charge on any atom is -0.493 e. The molecule has 1 unspecified atom stereocenters. The molecule has 40 heavy (non-hydrogen) atoms. The number of nitrogens with one attached hydrogen (secondary N) is 1. The lowest BCUT2D eigenvalue weighted by atomic mass is 10.1. The van der Waals surface area contributed by atoms with E-state index in [1.807, 2.05) is 37.3 Å². The highest BCUT2D eigenvalue weighted by molar-refractivity contribution is 7.92. The molecule has 0 saturated carbocycles. The van der Waals surface area contributed by atoms with E-state index in [2.05, 4.69) is 5.32 Å². The maximum absolute atomic E-state index is 14.0. The zero-order chi connectivity index (χ0) is 29.3. The summed E-state index contributed by atoms with van der Waals surface area (Å²) in [6, 6.07) is 18.7. The molecule has 214 valence electrons. The number of sulfonamides is 1. The van der Waals surface area contributed by atoms with Gasteiger partial charge in [0.05, 0.1) is 24.8 Å². The van der Waals surface area contributed by atoms with Crippen molar-refractivity contribution in [3.05, 3.63) is 83.4 Å². The molecule has 0 spiro atoms. The van der Waals surface area contributed by atoms with Crippen LogP contribution < -0.4 is 19.1 Å². The number of ether oxygens (including phenoxy) is 2. The van der Waals surface area contributed by atoms with Crippen LogP contribution in [-0.2, 0) is 26.2 Å². The van der Waals surface area contributed by atoms with Crippen molar-refractivity contribution in [2.75, 3.05) is 31.6 Å². The first-order valence-electron chi connectivity index (χ1n) is 12.7. The van der Waals surface area contributed by atoms with Gasteiger partial charge >= 0.3 is 0 Å². The second kappa shape index (κ2) is 14.0. The number of methoxy groups -OCH3 is 2. The largest absolute Gasteiger partial charge is 0.493 e. The summed E-state index contributed by atoms with van der Waals surface area (Å²) in [5.41, 5.74) is 1.03. The fourth-order valence-corrected chi connectivity index (χ4v) is 5.56. The number of anilines is 1. The molecule has 0 aliphatic rings. The molecule has 0 aromatic heterocycles. The number of amides is 2. The second-order valence-corrected chi connectivity index (χ2v) is 11.3. The Morgan fingerprint density at radius 1 is 0.950 bits per heavy atom. The molecule has 0 saturated heterocycles. The van der Waals surface area contributed by atoms with E-state index in [4.69, 9.17) is 21.1 Å². The first kappa shape index (κ1) is 30.8. The van der Waals surface area contributed by atoms with Gasteiger partial charge in [-0.05, 0) is 55.3 Å². The van der Waals surface area contributed by atoms with Crippen molar-refractivity contribution >= 4 is 39.1 Å². The summed E-state index contributed by atoms with van der Waals surface area (Å²) in [6.07, 6.45) is 0.735. The number of benzene rings is 3. The summed E-state index contributed by atoms with van der Waals surface area (Å²) in [4.78, 5) is 28.1. The summed E-state index contributed by atoms with van der Waals surface area (Å²) in [7, 11) is -1.43. The van der Waals surface area contributed by atoms with Crippen molar-refractivity contribution < 1.29 is 27.5 Å². The Balaban J connectivity index is 2.04. The normalized spacial score (nSPS) is 11.8. The highest BCUT2D eigenvalue weighted by Gasteiger charge is 2.33. The molecule has 1 N–H and O–H groups in total. The summed E-state index contributed by atoms with van der Waals surface area (Å²) >= 11 is 6.07. The van der Waals surface area contributed by atoms with E-state index in [9.17, 15) is 18.0 Å². The van der Waals surface area contributed by atoms with Crippen molar-refractivity contribution in [2.24, 2.45) is 0 Å². The molecule has 1 atom stereocenters. The van der Waals surface area contributed by atoms with Gasteiger partial charge in [0.1, 0.15) is 12.6 Å². The molecular formula is C29H34ClN3O6S. The maximum Gasteiger partial charge on any atom is 0.264 e. The van der Waals surface area contributed by atoms with Crippen molar-refractivity contribution in [1.82, 2.24) is 10.2 Å². The van der Waals surface area contributed by atoms with Gasteiger partial charge in [0, 0.05) is 24.2 Å². The standard InChI is InChI=1S/C29H34ClN3O6S/c1-5-17-31-29(35)21(2)32(19-22-9-7-6-8-10-22)28(34)20-33(24-13-11-23(30)12-14-24)40(36,37)25-15-16-26(38-3)27(18-25)39-4/h6-16,18,21H,5,17,19-20H2,1-4H3,(H,31,35). The van der Waals surface area contributed by atoms with Crippen LogP contribution in [0.5, 0.6) is 11.5 Å². The summed E-state index contributed by atoms with van der Waals surface area (Å²) in [6.45, 7) is 3.57. The van der Waals surface area contributed by atoms with Crippen LogP contribution in [0.4, 0.5) is 5.69 Å². The Labute approximate surface area is 240 Å². The predicted molar refractivity (Wildman–Crippen MR) is 155 cm³/mol. The molecule has 0 aliphatic carbocycles. The van der Waals surface area contributed by atoms with Gasteiger partial charge < -0.3 is 19.7 Å². The van der Waals surface area contributed by atoms with Crippen molar-refractivity contribution in [3.63, 3.8) is 0 Å². The number of halogens is 1. The van der Waals surface area contributed by atoms with Gasteiger partial charge in [0.25, 0.3) is 10.0 Å². The Morgan fingerprint density at radius 3 is 2.20 bits per heavy atom. The van der Waals surface area contributed by atoms with Gasteiger partial charge in [-0.3, -0.25) is 13.9 Å². The molecule has 0 aliphatic heterocycles. The number of carbonyl (C=O) groups excluding carboxylic acids is 2. The van der Waals surface area contributed by atoms with Gasteiger partial charge in [0.15, 0.2) is 11.5 Å². The lowest BCUT2D eigenvalue weighted by Gasteiger charge is -2.32. The molecular weight excluding hydrogens is 554 g/mol. The number of nitrogens with zero attached hydrogens (tertiary/aromatic N) is 2. The minimum atomic E-state index is -4.28. The van der Waals surface area contributed by atoms with Gasteiger partial charge in [0.2, 0.25) is 11.8 Å². The predicted octanol–water partition coefficient (Wildman–Crippen LogP) is 4.50. The van der Waals surface area contributed by atoms with Crippen LogP contribution in [0.1, 0.15) is 25.8 Å². The lowest BCUT2D eigenvalue weighted by molar-refractivity contribution is -0.139. The van der Waals surface area contributed by atoms with Crippen LogP contribution in [0.2, 0.25) is 5.02 Å². The zero-order valence-electron chi connectivity index (χ0n) is 23.0. The third kappa shape index (κ3) is 7.45. The third-order valence-electron chi connectivity index (χ3n) is 6.25. The number of hydrogen-bond acceptors (Lipinski definition) is 6. The van der Waals surface area contributed by atoms with Crippen LogP contribution in [0, 0.1) is 0 Å². The van der Waals surface area contributed by atoms with Crippen LogP contribution >= 0.6 is 11.6 Å². The number of rotatable bonds is 13. The Kier molecular flexibility index (Phi) is 10.8. The van der Waals surface area contributed by atoms with Gasteiger partial charge in [-0.1, -0.05) is 48.9 Å². The van der Waals surface area contributed by atoms with Gasteiger partial charge in [-0.2, -0.15) is 0 Å². The minimum absolute atomic E-state index is 0.101. The van der Waals surface area contributed by atoms with Gasteiger partial charge in [-0.25, -0.2) is 8.42 Å². The van der Waals surface area contributed by atoms with Crippen molar-refractivity contribution in [2.45, 2.75) is 37.8 Å². The Bertz CT molecular complexity index is 1400. The highest BCUT2D eigenvalue weighted by Crippen LogP contribution is 2.32. The van der Waals surface area contributed by atoms with Crippen molar-refractivity contribution in [1.29, 1.82) is 0 Å². The Morgan fingerprint density at radius 2 is 1.60 bits per heavy atom. The molecule has 2 amide bonds. The molecule has 3 aromatic carbocycles. The molecule has 3 rings (SSSR count). The molecule has 0 radical (unpaired) electrons. The zero-order valence-corrected chi connectivity index (χ0v) is 24.5. The molecule has 0 heterocycles. The van der Waals surface area contributed by atoms with E-state index in [-0.39, 0.29) is 28.8 Å². The van der Waals surface area contributed by atoms with E-state index in [0.717, 1.165) is 16.3 Å². The van der Waals surface area contributed by atoms with Crippen LogP contribution in [-0.4, -0.2) is 58.5 Å². The Hall–Kier alpha value is -3.76. The number of carbonyl (C=O) groups is 2. The first-order chi connectivity index (χ1) is 19.1.